The molecule has 0 spiro atoms. The van der Waals surface area contributed by atoms with Crippen molar-refractivity contribution >= 4 is 49.7 Å². The van der Waals surface area contributed by atoms with Crippen LogP contribution in [0.4, 0.5) is 10.8 Å². The van der Waals surface area contributed by atoms with Gasteiger partial charge in [-0.05, 0) is 41.8 Å². The molecule has 150 valence electrons. The van der Waals surface area contributed by atoms with Crippen molar-refractivity contribution in [2.24, 2.45) is 0 Å². The van der Waals surface area contributed by atoms with Crippen LogP contribution < -0.4 is 9.62 Å². The van der Waals surface area contributed by atoms with Gasteiger partial charge in [-0.3, -0.25) is 14.4 Å². The Morgan fingerprint density at radius 3 is 2.83 bits per heavy atom. The molecule has 0 radical (unpaired) electrons. The normalized spacial score (nSPS) is 13.4. The lowest BCUT2D eigenvalue weighted by atomic mass is 10.1. The molecule has 0 unspecified atom stereocenters. The number of carbonyl (C=O) groups is 1. The van der Waals surface area contributed by atoms with Crippen LogP contribution in [-0.2, 0) is 22.9 Å². The number of carbonyl (C=O) groups excluding carboxylic acids is 1. The number of sulfonamides is 1. The van der Waals surface area contributed by atoms with Crippen molar-refractivity contribution in [3.05, 3.63) is 75.3 Å². The highest BCUT2D eigenvalue weighted by molar-refractivity contribution is 7.92. The van der Waals surface area contributed by atoms with Crippen LogP contribution in [0.5, 0.6) is 0 Å². The lowest BCUT2D eigenvalue weighted by Gasteiger charge is -2.16. The summed E-state index contributed by atoms with van der Waals surface area (Å²) in [5.41, 5.74) is 2.97. The molecular formula is C20H18ClN3O3S2. The minimum absolute atomic E-state index is 0.274. The van der Waals surface area contributed by atoms with Crippen molar-refractivity contribution < 1.29 is 13.2 Å². The number of benzene rings is 2. The van der Waals surface area contributed by atoms with Crippen molar-refractivity contribution in [1.29, 1.82) is 0 Å². The molecule has 1 N–H and O–H groups in total. The molecule has 29 heavy (non-hydrogen) atoms. The summed E-state index contributed by atoms with van der Waals surface area (Å²) in [7, 11) is -3.31. The van der Waals surface area contributed by atoms with E-state index in [4.69, 9.17) is 11.6 Å². The molecule has 3 aromatic rings. The predicted octanol–water partition coefficient (Wildman–Crippen LogP) is 3.96. The molecule has 1 aliphatic rings. The summed E-state index contributed by atoms with van der Waals surface area (Å²) in [6.07, 6.45) is 4.15. The molecule has 1 amide bonds. The molecule has 1 aliphatic heterocycles. The number of hydrogen-bond acceptors (Lipinski definition) is 5. The molecule has 0 fully saturated rings. The number of aromatic nitrogens is 1. The van der Waals surface area contributed by atoms with E-state index in [1.54, 1.807) is 24.4 Å². The molecule has 0 bridgehead atoms. The van der Waals surface area contributed by atoms with Gasteiger partial charge in [-0.1, -0.05) is 29.8 Å². The molecule has 9 heteroatoms. The first-order chi connectivity index (χ1) is 13.8. The molecule has 2 aromatic carbocycles. The first-order valence-electron chi connectivity index (χ1n) is 8.91. The summed E-state index contributed by atoms with van der Waals surface area (Å²) in [5, 5.41) is 4.03. The maximum Gasteiger partial charge on any atom is 0.257 e. The van der Waals surface area contributed by atoms with Gasteiger partial charge in [0, 0.05) is 34.6 Å². The van der Waals surface area contributed by atoms with Gasteiger partial charge in [0.25, 0.3) is 5.91 Å². The van der Waals surface area contributed by atoms with Crippen LogP contribution in [0.2, 0.25) is 5.02 Å². The Labute approximate surface area is 178 Å². The Hall–Kier alpha value is -2.42. The molecule has 6 nitrogen and oxygen atoms in total. The van der Waals surface area contributed by atoms with Gasteiger partial charge in [0.1, 0.15) is 0 Å². The lowest BCUT2D eigenvalue weighted by Crippen LogP contribution is -2.27. The van der Waals surface area contributed by atoms with Gasteiger partial charge >= 0.3 is 0 Å². The number of hydrogen-bond donors (Lipinski definition) is 1. The summed E-state index contributed by atoms with van der Waals surface area (Å²) < 4.78 is 25.1. The molecule has 2 heterocycles. The largest absolute Gasteiger partial charge is 0.298 e. The summed E-state index contributed by atoms with van der Waals surface area (Å²) in [6.45, 7) is 0.400. The van der Waals surface area contributed by atoms with Crippen LogP contribution in [-0.4, -0.2) is 32.1 Å². The zero-order valence-electron chi connectivity index (χ0n) is 15.6. The highest BCUT2D eigenvalue weighted by Gasteiger charge is 2.26. The highest BCUT2D eigenvalue weighted by atomic mass is 35.5. The molecule has 0 aliphatic carbocycles. The Morgan fingerprint density at radius 2 is 2.07 bits per heavy atom. The topological polar surface area (TPSA) is 79.4 Å². The standard InChI is InChI=1S/C20H18ClN3O3S2/c1-29(26,27)24-9-8-14-10-15(6-7-18(14)24)19(25)23-20-22-12-16(28-20)11-13-4-2-3-5-17(13)21/h2-7,10,12H,8-9,11H2,1H3,(H,22,23,25). The predicted molar refractivity (Wildman–Crippen MR) is 117 cm³/mol. The highest BCUT2D eigenvalue weighted by Crippen LogP contribution is 2.31. The fourth-order valence-electron chi connectivity index (χ4n) is 3.30. The zero-order chi connectivity index (χ0) is 20.6. The summed E-state index contributed by atoms with van der Waals surface area (Å²) in [4.78, 5) is 17.9. The van der Waals surface area contributed by atoms with Gasteiger partial charge in [-0.15, -0.1) is 11.3 Å². The van der Waals surface area contributed by atoms with E-state index in [1.807, 2.05) is 24.3 Å². The van der Waals surface area contributed by atoms with Gasteiger partial charge in [0.15, 0.2) is 5.13 Å². The van der Waals surface area contributed by atoms with E-state index < -0.39 is 10.0 Å². The van der Waals surface area contributed by atoms with Gasteiger partial charge < -0.3 is 0 Å². The number of anilines is 2. The van der Waals surface area contributed by atoms with Crippen LogP contribution >= 0.6 is 22.9 Å². The van der Waals surface area contributed by atoms with Gasteiger partial charge in [-0.2, -0.15) is 0 Å². The lowest BCUT2D eigenvalue weighted by molar-refractivity contribution is 0.102. The maximum absolute atomic E-state index is 12.6. The van der Waals surface area contributed by atoms with E-state index in [-0.39, 0.29) is 5.91 Å². The number of nitrogens with zero attached hydrogens (tertiary/aromatic N) is 2. The summed E-state index contributed by atoms with van der Waals surface area (Å²) >= 11 is 7.60. The number of amides is 1. The van der Waals surface area contributed by atoms with E-state index in [0.717, 1.165) is 16.0 Å². The Morgan fingerprint density at radius 1 is 1.28 bits per heavy atom. The van der Waals surface area contributed by atoms with E-state index in [9.17, 15) is 13.2 Å². The quantitative estimate of drug-likeness (QED) is 0.642. The van der Waals surface area contributed by atoms with Crippen LogP contribution in [0.15, 0.2) is 48.7 Å². The van der Waals surface area contributed by atoms with E-state index in [1.165, 1.54) is 21.9 Å². The SMILES string of the molecule is CS(=O)(=O)N1CCc2cc(C(=O)Nc3ncc(Cc4ccccc4Cl)s3)ccc21. The Kier molecular flexibility index (Phi) is 5.33. The second-order valence-electron chi connectivity index (χ2n) is 6.78. The second-order valence-corrected chi connectivity index (χ2v) is 10.2. The summed E-state index contributed by atoms with van der Waals surface area (Å²) in [6, 6.07) is 12.7. The smallest absolute Gasteiger partial charge is 0.257 e. The molecule has 0 atom stereocenters. The Balaban J connectivity index is 1.47. The first-order valence-corrected chi connectivity index (χ1v) is 12.0. The second kappa shape index (κ2) is 7.78. The van der Waals surface area contributed by atoms with Crippen molar-refractivity contribution in [2.75, 3.05) is 22.4 Å². The number of rotatable bonds is 5. The van der Waals surface area contributed by atoms with Gasteiger partial charge in [-0.25, -0.2) is 13.4 Å². The van der Waals surface area contributed by atoms with Crippen LogP contribution in [0.25, 0.3) is 0 Å². The third kappa shape index (κ3) is 4.29. The average molecular weight is 448 g/mol. The fourth-order valence-corrected chi connectivity index (χ4v) is 5.29. The maximum atomic E-state index is 12.6. The van der Waals surface area contributed by atoms with E-state index in [0.29, 0.717) is 40.8 Å². The van der Waals surface area contributed by atoms with Gasteiger partial charge in [0.05, 0.1) is 11.9 Å². The van der Waals surface area contributed by atoms with Gasteiger partial charge in [0.2, 0.25) is 10.0 Å². The Bertz CT molecular complexity index is 1190. The molecule has 4 rings (SSSR count). The van der Waals surface area contributed by atoms with Crippen LogP contribution in [0.1, 0.15) is 26.4 Å². The van der Waals surface area contributed by atoms with E-state index >= 15 is 0 Å². The van der Waals surface area contributed by atoms with Crippen molar-refractivity contribution in [2.45, 2.75) is 12.8 Å². The van der Waals surface area contributed by atoms with Crippen molar-refractivity contribution in [3.8, 4) is 0 Å². The number of halogens is 1. The monoisotopic (exact) mass is 447 g/mol. The minimum Gasteiger partial charge on any atom is -0.298 e. The first kappa shape index (κ1) is 19.9. The molecule has 0 saturated heterocycles. The summed E-state index contributed by atoms with van der Waals surface area (Å²) in [5.74, 6) is -0.274. The zero-order valence-corrected chi connectivity index (χ0v) is 17.9. The molecule has 1 aromatic heterocycles. The minimum atomic E-state index is -3.31. The molecule has 0 saturated carbocycles. The number of thiazole rings is 1. The van der Waals surface area contributed by atoms with Crippen molar-refractivity contribution in [1.82, 2.24) is 4.98 Å². The third-order valence-corrected chi connectivity index (χ3v) is 7.15. The fraction of sp³-hybridized carbons (Fsp3) is 0.200. The molecular weight excluding hydrogens is 430 g/mol. The third-order valence-electron chi connectivity index (χ3n) is 4.69. The number of fused-ring (bicyclic) bond motifs is 1. The van der Waals surface area contributed by atoms with Crippen LogP contribution in [0.3, 0.4) is 0 Å². The van der Waals surface area contributed by atoms with Crippen molar-refractivity contribution in [3.63, 3.8) is 0 Å². The number of nitrogens with one attached hydrogen (secondary N) is 1. The van der Waals surface area contributed by atoms with Crippen LogP contribution in [0, 0.1) is 0 Å². The van der Waals surface area contributed by atoms with E-state index in [2.05, 4.69) is 10.3 Å². The average Bonchev–Trinajstić information content (AvgIpc) is 3.29.